The summed E-state index contributed by atoms with van der Waals surface area (Å²) in [5.41, 5.74) is 2.79. The molecule has 1 aromatic heterocycles. The molecule has 0 radical (unpaired) electrons. The maximum absolute atomic E-state index is 12.1. The number of amides is 1. The van der Waals surface area contributed by atoms with E-state index < -0.39 is 0 Å². The second kappa shape index (κ2) is 6.15. The Hall–Kier alpha value is -1.78. The van der Waals surface area contributed by atoms with Crippen molar-refractivity contribution in [1.29, 1.82) is 0 Å². The number of nitrogens with zero attached hydrogens (tertiary/aromatic N) is 2. The number of halogens is 1. The topological polar surface area (TPSA) is 37.3 Å². The fourth-order valence-corrected chi connectivity index (χ4v) is 3.03. The summed E-state index contributed by atoms with van der Waals surface area (Å²) in [6.07, 6.45) is 3.07. The number of carbonyl (C=O) groups excluding carboxylic acids is 1. The Morgan fingerprint density at radius 2 is 2.14 bits per heavy atom. The second-order valence-corrected chi connectivity index (χ2v) is 6.42. The molecule has 0 spiro atoms. The number of hydrogen-bond acceptors (Lipinski definition) is 2. The first kappa shape index (κ1) is 15.1. The van der Waals surface area contributed by atoms with Gasteiger partial charge in [-0.15, -0.1) is 0 Å². The quantitative estimate of drug-likeness (QED) is 0.941. The van der Waals surface area contributed by atoms with Crippen molar-refractivity contribution in [2.24, 2.45) is 0 Å². The van der Waals surface area contributed by atoms with Crippen molar-refractivity contribution in [1.82, 2.24) is 14.8 Å². The van der Waals surface area contributed by atoms with Crippen LogP contribution in [0.25, 0.3) is 11.1 Å². The largest absolute Gasteiger partial charge is 0.349 e. The fraction of sp³-hybridized carbons (Fsp3) is 0.353. The molecule has 1 aliphatic rings. The van der Waals surface area contributed by atoms with Gasteiger partial charge in [-0.25, -0.2) is 0 Å². The zero-order valence-electron chi connectivity index (χ0n) is 12.8. The Labute approximate surface area is 135 Å². The molecule has 4 nitrogen and oxygen atoms in total. The van der Waals surface area contributed by atoms with Gasteiger partial charge < -0.3 is 14.8 Å². The average Bonchev–Trinajstić information content (AvgIpc) is 2.92. The Bertz CT molecular complexity index is 693. The lowest BCUT2D eigenvalue weighted by Gasteiger charge is -2.27. The van der Waals surface area contributed by atoms with Crippen LogP contribution in [0.2, 0.25) is 5.02 Å². The summed E-state index contributed by atoms with van der Waals surface area (Å²) in [5.74, 6) is -0.00520. The SMILES string of the molecule is CN(C)CCC1CNC(=O)c2cc(-c3cccc(Cl)c3)cn21. The Morgan fingerprint density at radius 3 is 2.86 bits per heavy atom. The molecule has 2 aromatic rings. The van der Waals surface area contributed by atoms with E-state index in [1.54, 1.807) is 0 Å². The molecule has 0 saturated heterocycles. The van der Waals surface area contributed by atoms with Crippen molar-refractivity contribution < 1.29 is 4.79 Å². The monoisotopic (exact) mass is 317 g/mol. The van der Waals surface area contributed by atoms with E-state index in [-0.39, 0.29) is 5.91 Å². The number of nitrogens with one attached hydrogen (secondary N) is 1. The van der Waals surface area contributed by atoms with Crippen molar-refractivity contribution in [3.05, 3.63) is 47.2 Å². The lowest BCUT2D eigenvalue weighted by atomic mass is 10.1. The van der Waals surface area contributed by atoms with E-state index in [0.29, 0.717) is 17.6 Å². The summed E-state index contributed by atoms with van der Waals surface area (Å²) in [6.45, 7) is 1.67. The average molecular weight is 318 g/mol. The zero-order valence-corrected chi connectivity index (χ0v) is 13.6. The van der Waals surface area contributed by atoms with Gasteiger partial charge in [0.25, 0.3) is 5.91 Å². The van der Waals surface area contributed by atoms with Crippen LogP contribution in [0, 0.1) is 0 Å². The van der Waals surface area contributed by atoms with Crippen LogP contribution in [0.1, 0.15) is 23.0 Å². The maximum Gasteiger partial charge on any atom is 0.268 e. The van der Waals surface area contributed by atoms with Gasteiger partial charge in [-0.2, -0.15) is 0 Å². The van der Waals surface area contributed by atoms with Gasteiger partial charge >= 0.3 is 0 Å². The van der Waals surface area contributed by atoms with Crippen molar-refractivity contribution >= 4 is 17.5 Å². The molecule has 0 fully saturated rings. The molecule has 1 aromatic carbocycles. The first-order valence-corrected chi connectivity index (χ1v) is 7.83. The third kappa shape index (κ3) is 3.03. The molecule has 1 unspecified atom stereocenters. The molecule has 1 amide bonds. The van der Waals surface area contributed by atoms with Crippen LogP contribution < -0.4 is 5.32 Å². The predicted octanol–water partition coefficient (Wildman–Crippen LogP) is 3.04. The lowest BCUT2D eigenvalue weighted by molar-refractivity contribution is 0.0911. The third-order valence-electron chi connectivity index (χ3n) is 4.04. The van der Waals surface area contributed by atoms with E-state index in [9.17, 15) is 4.79 Å². The summed E-state index contributed by atoms with van der Waals surface area (Å²) >= 11 is 6.07. The van der Waals surface area contributed by atoms with Crippen LogP contribution in [0.5, 0.6) is 0 Å². The molecule has 0 bridgehead atoms. The molecule has 0 saturated carbocycles. The Kier molecular flexibility index (Phi) is 4.23. The summed E-state index contributed by atoms with van der Waals surface area (Å²) in [6, 6.07) is 9.97. The molecule has 22 heavy (non-hydrogen) atoms. The van der Waals surface area contributed by atoms with Crippen molar-refractivity contribution in [2.75, 3.05) is 27.2 Å². The third-order valence-corrected chi connectivity index (χ3v) is 4.28. The van der Waals surface area contributed by atoms with Crippen LogP contribution >= 0.6 is 11.6 Å². The summed E-state index contributed by atoms with van der Waals surface area (Å²) < 4.78 is 2.11. The van der Waals surface area contributed by atoms with E-state index in [0.717, 1.165) is 29.8 Å². The van der Waals surface area contributed by atoms with Gasteiger partial charge in [-0.05, 0) is 50.8 Å². The van der Waals surface area contributed by atoms with Gasteiger partial charge in [0, 0.05) is 23.3 Å². The molecular formula is C17H20ClN3O. The van der Waals surface area contributed by atoms with Crippen LogP contribution in [0.4, 0.5) is 0 Å². The van der Waals surface area contributed by atoms with Crippen molar-refractivity contribution in [3.63, 3.8) is 0 Å². The van der Waals surface area contributed by atoms with Gasteiger partial charge in [0.15, 0.2) is 0 Å². The smallest absolute Gasteiger partial charge is 0.268 e. The minimum atomic E-state index is -0.00520. The highest BCUT2D eigenvalue weighted by Gasteiger charge is 2.25. The molecular weight excluding hydrogens is 298 g/mol. The Balaban J connectivity index is 1.94. The maximum atomic E-state index is 12.1. The highest BCUT2D eigenvalue weighted by atomic mass is 35.5. The van der Waals surface area contributed by atoms with E-state index in [1.807, 2.05) is 30.3 Å². The van der Waals surface area contributed by atoms with E-state index in [4.69, 9.17) is 11.6 Å². The number of hydrogen-bond donors (Lipinski definition) is 1. The van der Waals surface area contributed by atoms with Crippen LogP contribution in [0.15, 0.2) is 36.5 Å². The van der Waals surface area contributed by atoms with Crippen LogP contribution in [0.3, 0.4) is 0 Å². The van der Waals surface area contributed by atoms with Gasteiger partial charge in [0.05, 0.1) is 6.04 Å². The van der Waals surface area contributed by atoms with Crippen LogP contribution in [-0.4, -0.2) is 42.6 Å². The predicted molar refractivity (Wildman–Crippen MR) is 89.4 cm³/mol. The molecule has 5 heteroatoms. The van der Waals surface area contributed by atoms with Gasteiger partial charge in [-0.3, -0.25) is 4.79 Å². The standard InChI is InChI=1S/C17H20ClN3O/c1-20(2)7-6-15-10-19-17(22)16-9-13(11-21(15)16)12-4-3-5-14(18)8-12/h3-5,8-9,11,15H,6-7,10H2,1-2H3,(H,19,22). The molecule has 1 N–H and O–H groups in total. The minimum absolute atomic E-state index is 0.00520. The highest BCUT2D eigenvalue weighted by Crippen LogP contribution is 2.29. The second-order valence-electron chi connectivity index (χ2n) is 5.99. The first-order chi connectivity index (χ1) is 10.5. The van der Waals surface area contributed by atoms with Crippen molar-refractivity contribution in [2.45, 2.75) is 12.5 Å². The molecule has 0 aliphatic carbocycles. The molecule has 3 rings (SSSR count). The molecule has 116 valence electrons. The summed E-state index contributed by atoms with van der Waals surface area (Å²) in [7, 11) is 4.13. The molecule has 1 aliphatic heterocycles. The van der Waals surface area contributed by atoms with Gasteiger partial charge in [0.2, 0.25) is 0 Å². The number of aromatic nitrogens is 1. The summed E-state index contributed by atoms with van der Waals surface area (Å²) in [5, 5.41) is 3.69. The molecule has 2 heterocycles. The molecule has 1 atom stereocenters. The first-order valence-electron chi connectivity index (χ1n) is 7.45. The van der Waals surface area contributed by atoms with Crippen LogP contribution in [-0.2, 0) is 0 Å². The zero-order chi connectivity index (χ0) is 15.7. The lowest BCUT2D eigenvalue weighted by Crippen LogP contribution is -2.39. The number of rotatable bonds is 4. The number of benzene rings is 1. The number of fused-ring (bicyclic) bond motifs is 1. The van der Waals surface area contributed by atoms with E-state index >= 15 is 0 Å². The van der Waals surface area contributed by atoms with E-state index in [1.165, 1.54) is 0 Å². The number of carbonyl (C=O) groups is 1. The minimum Gasteiger partial charge on any atom is -0.349 e. The van der Waals surface area contributed by atoms with Gasteiger partial charge in [0.1, 0.15) is 5.69 Å². The van der Waals surface area contributed by atoms with Gasteiger partial charge in [-0.1, -0.05) is 23.7 Å². The normalized spacial score (nSPS) is 17.5. The van der Waals surface area contributed by atoms with Crippen molar-refractivity contribution in [3.8, 4) is 11.1 Å². The Morgan fingerprint density at radius 1 is 1.32 bits per heavy atom. The van der Waals surface area contributed by atoms with E-state index in [2.05, 4.69) is 35.1 Å². The highest BCUT2D eigenvalue weighted by molar-refractivity contribution is 6.30. The summed E-state index contributed by atoms with van der Waals surface area (Å²) in [4.78, 5) is 14.3. The fourth-order valence-electron chi connectivity index (χ4n) is 2.84.